The van der Waals surface area contributed by atoms with Gasteiger partial charge in [0.15, 0.2) is 0 Å². The summed E-state index contributed by atoms with van der Waals surface area (Å²) in [4.78, 5) is 25.4. The summed E-state index contributed by atoms with van der Waals surface area (Å²) >= 11 is 0. The second kappa shape index (κ2) is 9.23. The van der Waals surface area contributed by atoms with Crippen molar-refractivity contribution in [3.05, 3.63) is 35.4 Å². The Balaban J connectivity index is 2.66. The van der Waals surface area contributed by atoms with Crippen molar-refractivity contribution in [3.8, 4) is 0 Å². The van der Waals surface area contributed by atoms with E-state index in [1.54, 1.807) is 18.2 Å². The van der Waals surface area contributed by atoms with Crippen molar-refractivity contribution in [3.63, 3.8) is 0 Å². The molecule has 0 aliphatic carbocycles. The number of carboxylic acid groups (broad SMARTS) is 1. The lowest BCUT2D eigenvalue weighted by Gasteiger charge is -2.25. The van der Waals surface area contributed by atoms with E-state index in [4.69, 9.17) is 0 Å². The van der Waals surface area contributed by atoms with E-state index in [9.17, 15) is 14.7 Å². The number of amides is 1. The number of hydrogen-bond acceptors (Lipinski definition) is 2. The van der Waals surface area contributed by atoms with Crippen molar-refractivity contribution >= 4 is 11.9 Å². The van der Waals surface area contributed by atoms with E-state index in [2.05, 4.69) is 13.8 Å². The van der Waals surface area contributed by atoms with E-state index >= 15 is 0 Å². The van der Waals surface area contributed by atoms with E-state index in [-0.39, 0.29) is 5.91 Å². The highest BCUT2D eigenvalue weighted by Crippen LogP contribution is 2.14. The summed E-state index contributed by atoms with van der Waals surface area (Å²) in [6.07, 6.45) is 2.98. The summed E-state index contributed by atoms with van der Waals surface area (Å²) in [7, 11) is 0. The number of aromatic carboxylic acids is 1. The molecule has 4 heteroatoms. The van der Waals surface area contributed by atoms with E-state index < -0.39 is 5.97 Å². The van der Waals surface area contributed by atoms with Gasteiger partial charge in [0.2, 0.25) is 5.91 Å². The molecule has 122 valence electrons. The molecule has 1 aromatic carbocycles. The highest BCUT2D eigenvalue weighted by molar-refractivity contribution is 5.89. The van der Waals surface area contributed by atoms with E-state index in [0.29, 0.717) is 30.9 Å². The largest absolute Gasteiger partial charge is 0.478 e. The van der Waals surface area contributed by atoms with Crippen molar-refractivity contribution in [1.82, 2.24) is 4.90 Å². The number of hydrogen-bond donors (Lipinski definition) is 1. The highest BCUT2D eigenvalue weighted by Gasteiger charge is 2.17. The van der Waals surface area contributed by atoms with Crippen LogP contribution in [-0.4, -0.2) is 35.0 Å². The van der Waals surface area contributed by atoms with Gasteiger partial charge in [-0.1, -0.05) is 44.9 Å². The third kappa shape index (κ3) is 5.17. The smallest absolute Gasteiger partial charge is 0.335 e. The maximum Gasteiger partial charge on any atom is 0.335 e. The molecule has 1 amide bonds. The molecule has 4 nitrogen and oxygen atoms in total. The van der Waals surface area contributed by atoms with Crippen LogP contribution in [0.5, 0.6) is 0 Å². The molecular formula is C18H27NO3. The number of benzene rings is 1. The first kappa shape index (κ1) is 18.2. The van der Waals surface area contributed by atoms with Crippen molar-refractivity contribution in [2.45, 2.75) is 46.5 Å². The summed E-state index contributed by atoms with van der Waals surface area (Å²) in [6, 6.07) is 6.89. The Kier molecular flexibility index (Phi) is 7.64. The maximum atomic E-state index is 12.4. The van der Waals surface area contributed by atoms with E-state index in [1.807, 2.05) is 17.9 Å². The molecule has 0 spiro atoms. The Morgan fingerprint density at radius 3 is 2.32 bits per heavy atom. The second-order valence-electron chi connectivity index (χ2n) is 5.58. The zero-order chi connectivity index (χ0) is 16.5. The van der Waals surface area contributed by atoms with Crippen LogP contribution >= 0.6 is 0 Å². The van der Waals surface area contributed by atoms with Crippen LogP contribution in [0.15, 0.2) is 24.3 Å². The molecule has 0 saturated carbocycles. The topological polar surface area (TPSA) is 57.6 Å². The van der Waals surface area contributed by atoms with Crippen molar-refractivity contribution in [1.29, 1.82) is 0 Å². The minimum absolute atomic E-state index is 0.106. The number of rotatable bonds is 9. The number of nitrogens with zero attached hydrogens (tertiary/aromatic N) is 1. The molecule has 0 heterocycles. The summed E-state index contributed by atoms with van der Waals surface area (Å²) < 4.78 is 0. The summed E-state index contributed by atoms with van der Waals surface area (Å²) in [5.74, 6) is -0.294. The first-order chi connectivity index (χ1) is 10.5. The maximum absolute atomic E-state index is 12.4. The standard InChI is InChI=1S/C18H27NO3/c1-4-14(5-2)13-19(6-3)17(20)12-11-15-9-7-8-10-16(15)18(21)22/h7-10,14H,4-6,11-13H2,1-3H3,(H,21,22). The molecule has 0 bridgehead atoms. The molecule has 0 radical (unpaired) electrons. The molecule has 1 aromatic rings. The average Bonchev–Trinajstić information content (AvgIpc) is 2.54. The normalized spacial score (nSPS) is 10.7. The van der Waals surface area contributed by atoms with Crippen LogP contribution in [0.3, 0.4) is 0 Å². The zero-order valence-corrected chi connectivity index (χ0v) is 13.8. The van der Waals surface area contributed by atoms with Crippen LogP contribution in [-0.2, 0) is 11.2 Å². The lowest BCUT2D eigenvalue weighted by molar-refractivity contribution is -0.131. The van der Waals surface area contributed by atoms with Crippen molar-refractivity contribution < 1.29 is 14.7 Å². The van der Waals surface area contributed by atoms with Gasteiger partial charge in [0, 0.05) is 19.5 Å². The molecule has 0 saturated heterocycles. The SMILES string of the molecule is CCC(CC)CN(CC)C(=O)CCc1ccccc1C(=O)O. The van der Waals surface area contributed by atoms with Gasteiger partial charge in [-0.2, -0.15) is 0 Å². The van der Waals surface area contributed by atoms with Crippen LogP contribution in [0.2, 0.25) is 0 Å². The van der Waals surface area contributed by atoms with Gasteiger partial charge in [-0.3, -0.25) is 4.79 Å². The Morgan fingerprint density at radius 1 is 1.14 bits per heavy atom. The van der Waals surface area contributed by atoms with Gasteiger partial charge < -0.3 is 10.0 Å². The van der Waals surface area contributed by atoms with Crippen LogP contribution in [0.25, 0.3) is 0 Å². The second-order valence-corrected chi connectivity index (χ2v) is 5.58. The van der Waals surface area contributed by atoms with Crippen molar-refractivity contribution in [2.75, 3.05) is 13.1 Å². The fraction of sp³-hybridized carbons (Fsp3) is 0.556. The number of carbonyl (C=O) groups excluding carboxylic acids is 1. The third-order valence-electron chi connectivity index (χ3n) is 4.22. The molecule has 0 aromatic heterocycles. The van der Waals surface area contributed by atoms with E-state index in [0.717, 1.165) is 24.9 Å². The molecule has 0 atom stereocenters. The quantitative estimate of drug-likeness (QED) is 0.758. The molecule has 22 heavy (non-hydrogen) atoms. The van der Waals surface area contributed by atoms with Crippen molar-refractivity contribution in [2.24, 2.45) is 5.92 Å². The highest BCUT2D eigenvalue weighted by atomic mass is 16.4. The molecule has 0 unspecified atom stereocenters. The predicted octanol–water partition coefficient (Wildman–Crippen LogP) is 3.60. The Hall–Kier alpha value is -1.84. The average molecular weight is 305 g/mol. The van der Waals surface area contributed by atoms with Gasteiger partial charge in [0.1, 0.15) is 0 Å². The molecule has 1 N–H and O–H groups in total. The van der Waals surface area contributed by atoms with E-state index in [1.165, 1.54) is 0 Å². The monoisotopic (exact) mass is 305 g/mol. The van der Waals surface area contributed by atoms with Crippen LogP contribution in [0.4, 0.5) is 0 Å². The van der Waals surface area contributed by atoms with Gasteiger partial charge in [0.25, 0.3) is 0 Å². The lowest BCUT2D eigenvalue weighted by Crippen LogP contribution is -2.35. The summed E-state index contributed by atoms with van der Waals surface area (Å²) in [6.45, 7) is 7.79. The first-order valence-electron chi connectivity index (χ1n) is 8.12. The molecule has 0 fully saturated rings. The Bertz CT molecular complexity index is 495. The summed E-state index contributed by atoms with van der Waals surface area (Å²) in [5.41, 5.74) is 1.01. The molecular weight excluding hydrogens is 278 g/mol. The third-order valence-corrected chi connectivity index (χ3v) is 4.22. The lowest BCUT2D eigenvalue weighted by atomic mass is 10.0. The van der Waals surface area contributed by atoms with Gasteiger partial charge in [-0.25, -0.2) is 4.79 Å². The Labute approximate surface area is 133 Å². The number of aryl methyl sites for hydroxylation is 1. The fourth-order valence-electron chi connectivity index (χ4n) is 2.61. The Morgan fingerprint density at radius 2 is 1.77 bits per heavy atom. The molecule has 0 aliphatic rings. The first-order valence-corrected chi connectivity index (χ1v) is 8.12. The van der Waals surface area contributed by atoms with Crippen LogP contribution in [0.1, 0.15) is 56.0 Å². The number of carboxylic acids is 1. The van der Waals surface area contributed by atoms with Crippen LogP contribution < -0.4 is 0 Å². The van der Waals surface area contributed by atoms with Gasteiger partial charge in [-0.15, -0.1) is 0 Å². The van der Waals surface area contributed by atoms with Crippen LogP contribution in [0, 0.1) is 5.92 Å². The molecule has 0 aliphatic heterocycles. The zero-order valence-electron chi connectivity index (χ0n) is 13.8. The minimum atomic E-state index is -0.938. The molecule has 1 rings (SSSR count). The predicted molar refractivity (Wildman–Crippen MR) is 88.0 cm³/mol. The van der Waals surface area contributed by atoms with Gasteiger partial charge >= 0.3 is 5.97 Å². The minimum Gasteiger partial charge on any atom is -0.478 e. The summed E-state index contributed by atoms with van der Waals surface area (Å²) in [5, 5.41) is 9.17. The fourth-order valence-corrected chi connectivity index (χ4v) is 2.61. The van der Waals surface area contributed by atoms with Gasteiger partial charge in [0.05, 0.1) is 5.56 Å². The van der Waals surface area contributed by atoms with Gasteiger partial charge in [-0.05, 0) is 30.9 Å². The number of carbonyl (C=O) groups is 2.